The SMILES string of the molecule is CC(=O)SCC#Cc1ccc2c(c1)C(=O)NC2. The maximum atomic E-state index is 11.4. The highest BCUT2D eigenvalue weighted by Gasteiger charge is 2.17. The van der Waals surface area contributed by atoms with Crippen LogP contribution in [0.5, 0.6) is 0 Å². The van der Waals surface area contributed by atoms with E-state index in [-0.39, 0.29) is 11.0 Å². The van der Waals surface area contributed by atoms with E-state index in [2.05, 4.69) is 17.2 Å². The predicted molar refractivity (Wildman–Crippen MR) is 67.6 cm³/mol. The average molecular weight is 245 g/mol. The first-order valence-electron chi connectivity index (χ1n) is 5.20. The monoisotopic (exact) mass is 245 g/mol. The largest absolute Gasteiger partial charge is 0.348 e. The molecule has 0 saturated heterocycles. The van der Waals surface area contributed by atoms with E-state index in [1.54, 1.807) is 6.07 Å². The molecule has 1 amide bonds. The van der Waals surface area contributed by atoms with Crippen LogP contribution < -0.4 is 5.32 Å². The molecule has 3 nitrogen and oxygen atoms in total. The third-order valence-electron chi connectivity index (χ3n) is 2.37. The molecule has 1 aromatic rings. The van der Waals surface area contributed by atoms with Gasteiger partial charge in [-0.25, -0.2) is 0 Å². The van der Waals surface area contributed by atoms with Gasteiger partial charge in [-0.2, -0.15) is 0 Å². The van der Waals surface area contributed by atoms with Gasteiger partial charge in [0.2, 0.25) is 0 Å². The Bertz CT molecular complexity index is 540. The molecule has 1 aliphatic rings. The summed E-state index contributed by atoms with van der Waals surface area (Å²) in [4.78, 5) is 22.1. The molecule has 0 aliphatic carbocycles. The highest BCUT2D eigenvalue weighted by Crippen LogP contribution is 2.16. The van der Waals surface area contributed by atoms with Crippen molar-refractivity contribution in [2.45, 2.75) is 13.5 Å². The number of amides is 1. The number of carbonyl (C=O) groups is 2. The number of hydrogen-bond acceptors (Lipinski definition) is 3. The van der Waals surface area contributed by atoms with E-state index in [4.69, 9.17) is 0 Å². The van der Waals surface area contributed by atoms with Crippen molar-refractivity contribution in [3.63, 3.8) is 0 Å². The summed E-state index contributed by atoms with van der Waals surface area (Å²) >= 11 is 1.18. The molecular formula is C13H11NO2S. The summed E-state index contributed by atoms with van der Waals surface area (Å²) in [5, 5.41) is 2.82. The lowest BCUT2D eigenvalue weighted by atomic mass is 10.1. The van der Waals surface area contributed by atoms with Gasteiger partial charge < -0.3 is 5.32 Å². The van der Waals surface area contributed by atoms with Crippen molar-refractivity contribution < 1.29 is 9.59 Å². The fourth-order valence-corrected chi connectivity index (χ4v) is 1.91. The maximum Gasteiger partial charge on any atom is 0.251 e. The number of carbonyl (C=O) groups excluding carboxylic acids is 2. The zero-order valence-electron chi connectivity index (χ0n) is 9.37. The third kappa shape index (κ3) is 2.89. The Morgan fingerprint density at radius 2 is 2.35 bits per heavy atom. The molecule has 2 rings (SSSR count). The van der Waals surface area contributed by atoms with Crippen LogP contribution in [0.15, 0.2) is 18.2 Å². The van der Waals surface area contributed by atoms with E-state index in [1.165, 1.54) is 18.7 Å². The maximum absolute atomic E-state index is 11.4. The molecule has 0 spiro atoms. The van der Waals surface area contributed by atoms with E-state index in [1.807, 2.05) is 12.1 Å². The third-order valence-corrected chi connectivity index (χ3v) is 3.07. The molecule has 1 aliphatic heterocycles. The summed E-state index contributed by atoms with van der Waals surface area (Å²) in [6.45, 7) is 2.12. The van der Waals surface area contributed by atoms with Crippen LogP contribution in [0.25, 0.3) is 0 Å². The van der Waals surface area contributed by atoms with E-state index >= 15 is 0 Å². The van der Waals surface area contributed by atoms with Crippen LogP contribution >= 0.6 is 11.8 Å². The normalized spacial score (nSPS) is 12.4. The predicted octanol–water partition coefficient (Wildman–Crippen LogP) is 1.56. The van der Waals surface area contributed by atoms with Crippen molar-refractivity contribution >= 4 is 22.8 Å². The van der Waals surface area contributed by atoms with E-state index in [0.29, 0.717) is 17.9 Å². The van der Waals surface area contributed by atoms with Gasteiger partial charge in [-0.15, -0.1) is 0 Å². The van der Waals surface area contributed by atoms with Crippen LogP contribution in [-0.4, -0.2) is 16.8 Å². The van der Waals surface area contributed by atoms with Gasteiger partial charge in [0.15, 0.2) is 5.12 Å². The average Bonchev–Trinajstić information content (AvgIpc) is 2.66. The highest BCUT2D eigenvalue weighted by atomic mass is 32.2. The molecule has 17 heavy (non-hydrogen) atoms. The lowest BCUT2D eigenvalue weighted by molar-refractivity contribution is -0.109. The molecule has 0 radical (unpaired) electrons. The molecule has 0 fully saturated rings. The van der Waals surface area contributed by atoms with E-state index < -0.39 is 0 Å². The van der Waals surface area contributed by atoms with Crippen LogP contribution in [0.4, 0.5) is 0 Å². The molecular weight excluding hydrogens is 234 g/mol. The summed E-state index contributed by atoms with van der Waals surface area (Å²) in [7, 11) is 0. The minimum absolute atomic E-state index is 0.0400. The van der Waals surface area contributed by atoms with Gasteiger partial charge in [-0.1, -0.05) is 29.7 Å². The smallest absolute Gasteiger partial charge is 0.251 e. The number of thioether (sulfide) groups is 1. The lowest BCUT2D eigenvalue weighted by Crippen LogP contribution is -2.12. The van der Waals surface area contributed by atoms with Crippen molar-refractivity contribution in [1.82, 2.24) is 5.32 Å². The molecule has 0 saturated carbocycles. The Morgan fingerprint density at radius 3 is 3.12 bits per heavy atom. The zero-order chi connectivity index (χ0) is 12.3. The van der Waals surface area contributed by atoms with E-state index in [9.17, 15) is 9.59 Å². The van der Waals surface area contributed by atoms with Crippen molar-refractivity contribution in [3.05, 3.63) is 34.9 Å². The van der Waals surface area contributed by atoms with Gasteiger partial charge >= 0.3 is 0 Å². The van der Waals surface area contributed by atoms with Gasteiger partial charge in [0, 0.05) is 24.6 Å². The fraction of sp³-hybridized carbons (Fsp3) is 0.231. The molecule has 0 bridgehead atoms. The van der Waals surface area contributed by atoms with Crippen LogP contribution in [0, 0.1) is 11.8 Å². The van der Waals surface area contributed by atoms with Gasteiger partial charge in [0.25, 0.3) is 5.91 Å². The molecule has 4 heteroatoms. The Labute approximate surface area is 104 Å². The van der Waals surface area contributed by atoms with Crippen molar-refractivity contribution in [1.29, 1.82) is 0 Å². The minimum atomic E-state index is -0.0400. The molecule has 1 heterocycles. The van der Waals surface area contributed by atoms with Gasteiger partial charge in [0.1, 0.15) is 0 Å². The topological polar surface area (TPSA) is 46.2 Å². The molecule has 1 N–H and O–H groups in total. The summed E-state index contributed by atoms with van der Waals surface area (Å²) in [6.07, 6.45) is 0. The second-order valence-electron chi connectivity index (χ2n) is 3.64. The van der Waals surface area contributed by atoms with E-state index in [0.717, 1.165) is 11.1 Å². The number of rotatable bonds is 1. The number of hydrogen-bond donors (Lipinski definition) is 1. The van der Waals surface area contributed by atoms with Gasteiger partial charge in [-0.3, -0.25) is 9.59 Å². The van der Waals surface area contributed by atoms with Crippen molar-refractivity contribution in [2.24, 2.45) is 0 Å². The summed E-state index contributed by atoms with van der Waals surface area (Å²) in [5.74, 6) is 6.29. The Kier molecular flexibility index (Phi) is 3.50. The summed E-state index contributed by atoms with van der Waals surface area (Å²) < 4.78 is 0. The van der Waals surface area contributed by atoms with Crippen molar-refractivity contribution in [2.75, 3.05) is 5.75 Å². The van der Waals surface area contributed by atoms with Gasteiger partial charge in [-0.05, 0) is 17.7 Å². The van der Waals surface area contributed by atoms with Crippen LogP contribution in [0.2, 0.25) is 0 Å². The van der Waals surface area contributed by atoms with Gasteiger partial charge in [0.05, 0.1) is 5.75 Å². The molecule has 0 atom stereocenters. The molecule has 86 valence electrons. The fourth-order valence-electron chi connectivity index (χ4n) is 1.57. The quantitative estimate of drug-likeness (QED) is 0.764. The number of fused-ring (bicyclic) bond motifs is 1. The van der Waals surface area contributed by atoms with Crippen LogP contribution in [0.3, 0.4) is 0 Å². The van der Waals surface area contributed by atoms with Crippen LogP contribution in [-0.2, 0) is 11.3 Å². The Hall–Kier alpha value is -1.73. The van der Waals surface area contributed by atoms with Crippen LogP contribution in [0.1, 0.15) is 28.4 Å². The lowest BCUT2D eigenvalue weighted by Gasteiger charge is -1.95. The second-order valence-corrected chi connectivity index (χ2v) is 4.79. The standard InChI is InChI=1S/C13H11NO2S/c1-9(15)17-6-2-3-10-4-5-11-8-14-13(16)12(11)7-10/h4-5,7H,6,8H2,1H3,(H,14,16). The Morgan fingerprint density at radius 1 is 1.53 bits per heavy atom. The van der Waals surface area contributed by atoms with Crippen molar-refractivity contribution in [3.8, 4) is 11.8 Å². The Balaban J connectivity index is 2.10. The highest BCUT2D eigenvalue weighted by molar-refractivity contribution is 8.13. The zero-order valence-corrected chi connectivity index (χ0v) is 10.2. The molecule has 0 aromatic heterocycles. The first kappa shape index (κ1) is 11.7. The number of nitrogens with one attached hydrogen (secondary N) is 1. The first-order chi connectivity index (χ1) is 8.16. The number of benzene rings is 1. The summed E-state index contributed by atoms with van der Waals surface area (Å²) in [6, 6.07) is 5.60. The summed E-state index contributed by atoms with van der Waals surface area (Å²) in [5.41, 5.74) is 2.53. The first-order valence-corrected chi connectivity index (χ1v) is 6.19. The second kappa shape index (κ2) is 5.07. The minimum Gasteiger partial charge on any atom is -0.348 e. The molecule has 0 unspecified atom stereocenters. The molecule has 1 aromatic carbocycles.